The molecule has 0 radical (unpaired) electrons. The van der Waals surface area contributed by atoms with Crippen LogP contribution in [0.5, 0.6) is 5.75 Å². The van der Waals surface area contributed by atoms with E-state index in [0.717, 1.165) is 51.1 Å². The van der Waals surface area contributed by atoms with Gasteiger partial charge in [0.15, 0.2) is 0 Å². The van der Waals surface area contributed by atoms with E-state index in [-0.39, 0.29) is 11.3 Å². The zero-order valence-electron chi connectivity index (χ0n) is 18.5. The highest BCUT2D eigenvalue weighted by atomic mass is 16.5. The molecular weight excluding hydrogens is 372 g/mol. The number of methoxy groups -OCH3 is 1. The molecule has 0 unspecified atom stereocenters. The van der Waals surface area contributed by atoms with Gasteiger partial charge in [0.2, 0.25) is 5.91 Å². The smallest absolute Gasteiger partial charge is 0.230 e. The van der Waals surface area contributed by atoms with Gasteiger partial charge in [-0.25, -0.2) is 0 Å². The maximum absolute atomic E-state index is 12.6. The second-order valence-corrected chi connectivity index (χ2v) is 8.48. The zero-order chi connectivity index (χ0) is 21.2. The Hall–Kier alpha value is -2.33. The summed E-state index contributed by atoms with van der Waals surface area (Å²) in [7, 11) is 3.92. The normalized spacial score (nSPS) is 14.5. The van der Waals surface area contributed by atoms with Gasteiger partial charge in [0.1, 0.15) is 5.75 Å². The van der Waals surface area contributed by atoms with Crippen LogP contribution in [0.4, 0.5) is 0 Å². The fourth-order valence-corrected chi connectivity index (χ4v) is 4.09. The fraction of sp³-hybridized carbons (Fsp3) is 0.500. The number of ether oxygens (including phenoxy) is 1. The lowest BCUT2D eigenvalue weighted by Crippen LogP contribution is -2.35. The molecule has 0 bridgehead atoms. The first-order valence-corrected chi connectivity index (χ1v) is 11.3. The molecule has 1 fully saturated rings. The molecule has 3 rings (SSSR count). The number of hydrogen-bond donors (Lipinski definition) is 1. The molecule has 2 aromatic rings. The number of nitrogens with one attached hydrogen (secondary N) is 1. The Morgan fingerprint density at radius 1 is 0.967 bits per heavy atom. The van der Waals surface area contributed by atoms with Crippen molar-refractivity contribution in [3.8, 4) is 5.75 Å². The van der Waals surface area contributed by atoms with Crippen LogP contribution < -0.4 is 10.1 Å². The molecule has 0 heterocycles. The van der Waals surface area contributed by atoms with Gasteiger partial charge in [-0.1, -0.05) is 61.4 Å². The van der Waals surface area contributed by atoms with E-state index in [0.29, 0.717) is 0 Å². The second kappa shape index (κ2) is 11.2. The van der Waals surface area contributed by atoms with Gasteiger partial charge < -0.3 is 15.0 Å². The van der Waals surface area contributed by atoms with E-state index in [2.05, 4.69) is 41.5 Å². The summed E-state index contributed by atoms with van der Waals surface area (Å²) in [5, 5.41) is 3.17. The summed E-state index contributed by atoms with van der Waals surface area (Å²) < 4.78 is 5.43. The zero-order valence-corrected chi connectivity index (χ0v) is 18.5. The topological polar surface area (TPSA) is 41.6 Å². The standard InChI is InChI=1S/C26H36N2O2/c1-28(21-16-22-12-8-9-15-24(22)30-2)20-11-4-3-10-19-27-25(29)26(17-18-26)23-13-6-5-7-14-23/h5-9,12-15H,3-4,10-11,16-21H2,1-2H3,(H,27,29). The van der Waals surface area contributed by atoms with Gasteiger partial charge >= 0.3 is 0 Å². The van der Waals surface area contributed by atoms with E-state index in [1.807, 2.05) is 30.3 Å². The summed E-state index contributed by atoms with van der Waals surface area (Å²) in [4.78, 5) is 15.0. The molecule has 0 saturated heterocycles. The third-order valence-corrected chi connectivity index (χ3v) is 6.22. The number of para-hydroxylation sites is 1. The number of hydrogen-bond acceptors (Lipinski definition) is 3. The van der Waals surface area contributed by atoms with Crippen molar-refractivity contribution >= 4 is 5.91 Å². The maximum atomic E-state index is 12.6. The number of unbranched alkanes of at least 4 members (excludes halogenated alkanes) is 3. The molecule has 2 aromatic carbocycles. The van der Waals surface area contributed by atoms with Crippen LogP contribution in [0.2, 0.25) is 0 Å². The summed E-state index contributed by atoms with van der Waals surface area (Å²) >= 11 is 0. The van der Waals surface area contributed by atoms with Crippen molar-refractivity contribution in [3.63, 3.8) is 0 Å². The van der Waals surface area contributed by atoms with Crippen molar-refractivity contribution in [3.05, 3.63) is 65.7 Å². The molecule has 4 heteroatoms. The first kappa shape index (κ1) is 22.4. The van der Waals surface area contributed by atoms with E-state index in [4.69, 9.17) is 4.74 Å². The fourth-order valence-electron chi connectivity index (χ4n) is 4.09. The number of rotatable bonds is 13. The number of likely N-dealkylation sites (N-methyl/N-ethyl adjacent to an activating group) is 1. The highest BCUT2D eigenvalue weighted by molar-refractivity contribution is 5.91. The van der Waals surface area contributed by atoms with E-state index in [1.165, 1.54) is 30.4 Å². The van der Waals surface area contributed by atoms with Crippen molar-refractivity contribution in [1.82, 2.24) is 10.2 Å². The van der Waals surface area contributed by atoms with Gasteiger partial charge in [-0.3, -0.25) is 4.79 Å². The number of benzene rings is 2. The van der Waals surface area contributed by atoms with Gasteiger partial charge in [-0.05, 0) is 62.9 Å². The van der Waals surface area contributed by atoms with Gasteiger partial charge in [0.25, 0.3) is 0 Å². The predicted molar refractivity (Wildman–Crippen MR) is 123 cm³/mol. The quantitative estimate of drug-likeness (QED) is 0.493. The third kappa shape index (κ3) is 6.09. The van der Waals surface area contributed by atoms with Gasteiger partial charge in [0, 0.05) is 13.1 Å². The summed E-state index contributed by atoms with van der Waals surface area (Å²) in [5.41, 5.74) is 2.19. The van der Waals surface area contributed by atoms with E-state index in [1.54, 1.807) is 7.11 Å². The molecule has 4 nitrogen and oxygen atoms in total. The highest BCUT2D eigenvalue weighted by Gasteiger charge is 2.50. The summed E-state index contributed by atoms with van der Waals surface area (Å²) in [6.07, 6.45) is 7.59. The van der Waals surface area contributed by atoms with Crippen LogP contribution in [0, 0.1) is 0 Å². The van der Waals surface area contributed by atoms with E-state index >= 15 is 0 Å². The average Bonchev–Trinajstić information content (AvgIpc) is 3.60. The van der Waals surface area contributed by atoms with Gasteiger partial charge in [0.05, 0.1) is 12.5 Å². The van der Waals surface area contributed by atoms with Crippen molar-refractivity contribution in [2.75, 3.05) is 33.8 Å². The number of amides is 1. The molecule has 162 valence electrons. The number of carbonyl (C=O) groups is 1. The van der Waals surface area contributed by atoms with Crippen molar-refractivity contribution in [2.24, 2.45) is 0 Å². The molecule has 1 amide bonds. The first-order chi connectivity index (χ1) is 14.7. The monoisotopic (exact) mass is 408 g/mol. The van der Waals surface area contributed by atoms with Crippen LogP contribution in [0.1, 0.15) is 49.7 Å². The average molecular weight is 409 g/mol. The Morgan fingerprint density at radius 2 is 1.67 bits per heavy atom. The Kier molecular flexibility index (Phi) is 8.32. The van der Waals surface area contributed by atoms with Crippen LogP contribution >= 0.6 is 0 Å². The molecule has 0 atom stereocenters. The van der Waals surface area contributed by atoms with Gasteiger partial charge in [-0.15, -0.1) is 0 Å². The first-order valence-electron chi connectivity index (χ1n) is 11.3. The molecule has 1 aliphatic carbocycles. The Balaban J connectivity index is 1.24. The van der Waals surface area contributed by atoms with Crippen LogP contribution in [-0.4, -0.2) is 44.6 Å². The van der Waals surface area contributed by atoms with Crippen molar-refractivity contribution in [1.29, 1.82) is 0 Å². The minimum absolute atomic E-state index is 0.213. The molecule has 0 aromatic heterocycles. The lowest BCUT2D eigenvalue weighted by atomic mass is 9.95. The van der Waals surface area contributed by atoms with E-state index < -0.39 is 0 Å². The Morgan fingerprint density at radius 3 is 2.40 bits per heavy atom. The Labute approximate surface area is 181 Å². The molecule has 1 saturated carbocycles. The lowest BCUT2D eigenvalue weighted by Gasteiger charge is -2.17. The maximum Gasteiger partial charge on any atom is 0.230 e. The molecule has 30 heavy (non-hydrogen) atoms. The number of nitrogens with zero attached hydrogens (tertiary/aromatic N) is 1. The SMILES string of the molecule is COc1ccccc1CCN(C)CCCCCCNC(=O)C1(c2ccccc2)CC1. The van der Waals surface area contributed by atoms with Crippen molar-refractivity contribution < 1.29 is 9.53 Å². The van der Waals surface area contributed by atoms with Crippen LogP contribution in [0.15, 0.2) is 54.6 Å². The molecule has 1 N–H and O–H groups in total. The highest BCUT2D eigenvalue weighted by Crippen LogP contribution is 2.48. The Bertz CT molecular complexity index is 787. The molecule has 1 aliphatic rings. The van der Waals surface area contributed by atoms with Crippen LogP contribution in [-0.2, 0) is 16.6 Å². The summed E-state index contributed by atoms with van der Waals surface area (Å²) in [6.45, 7) is 2.94. The predicted octanol–water partition coefficient (Wildman–Crippen LogP) is 4.58. The van der Waals surface area contributed by atoms with Crippen LogP contribution in [0.25, 0.3) is 0 Å². The second-order valence-electron chi connectivity index (χ2n) is 8.48. The van der Waals surface area contributed by atoms with Crippen LogP contribution in [0.3, 0.4) is 0 Å². The minimum Gasteiger partial charge on any atom is -0.496 e. The summed E-state index contributed by atoms with van der Waals surface area (Å²) in [5.74, 6) is 1.19. The molecule has 0 aliphatic heterocycles. The molecular formula is C26H36N2O2. The third-order valence-electron chi connectivity index (χ3n) is 6.22. The van der Waals surface area contributed by atoms with Crippen molar-refractivity contribution in [2.45, 2.75) is 50.4 Å². The summed E-state index contributed by atoms with van der Waals surface area (Å²) in [6, 6.07) is 18.5. The molecule has 0 spiro atoms. The largest absolute Gasteiger partial charge is 0.496 e. The minimum atomic E-state index is -0.245. The van der Waals surface area contributed by atoms with E-state index in [9.17, 15) is 4.79 Å². The lowest BCUT2D eigenvalue weighted by molar-refractivity contribution is -0.123. The number of carbonyl (C=O) groups excluding carboxylic acids is 1. The van der Waals surface area contributed by atoms with Gasteiger partial charge in [-0.2, -0.15) is 0 Å².